The topological polar surface area (TPSA) is 76.5 Å². The first-order chi connectivity index (χ1) is 14.7. The van der Waals surface area contributed by atoms with Crippen LogP contribution in [0.5, 0.6) is 0 Å². The minimum Gasteiger partial charge on any atom is -0.379 e. The lowest BCUT2D eigenvalue weighted by molar-refractivity contribution is 0.0384. The molecule has 1 saturated heterocycles. The van der Waals surface area contributed by atoms with Gasteiger partial charge >= 0.3 is 0 Å². The Morgan fingerprint density at radius 3 is 2.43 bits per heavy atom. The van der Waals surface area contributed by atoms with Crippen LogP contribution in [0.2, 0.25) is 0 Å². The molecule has 7 heteroatoms. The zero-order chi connectivity index (χ0) is 20.8. The highest BCUT2D eigenvalue weighted by Crippen LogP contribution is 2.12. The van der Waals surface area contributed by atoms with Crippen LogP contribution in [-0.2, 0) is 11.2 Å². The lowest BCUT2D eigenvalue weighted by Crippen LogP contribution is -2.37. The second-order valence-corrected chi connectivity index (χ2v) is 7.16. The highest BCUT2D eigenvalue weighted by Gasteiger charge is 2.12. The van der Waals surface area contributed by atoms with Crippen molar-refractivity contribution >= 4 is 11.6 Å². The van der Waals surface area contributed by atoms with Crippen LogP contribution in [0.25, 0.3) is 5.69 Å². The molecule has 30 heavy (non-hydrogen) atoms. The molecule has 1 aliphatic rings. The van der Waals surface area contributed by atoms with Crippen LogP contribution in [-0.4, -0.2) is 53.4 Å². The predicted molar refractivity (Wildman–Crippen MR) is 115 cm³/mol. The number of amides is 1. The summed E-state index contributed by atoms with van der Waals surface area (Å²) < 4.78 is 6.60. The van der Waals surface area contributed by atoms with Crippen molar-refractivity contribution in [2.24, 2.45) is 0 Å². The molecule has 1 aliphatic heterocycles. The van der Waals surface area contributed by atoms with E-state index in [0.29, 0.717) is 11.4 Å². The van der Waals surface area contributed by atoms with Gasteiger partial charge in [0.05, 0.1) is 18.9 Å². The molecule has 2 heterocycles. The first-order valence-electron chi connectivity index (χ1n) is 10.1. The molecule has 0 unspecified atom stereocenters. The molecule has 3 aromatic rings. The molecular formula is C23H24N4O3. The minimum atomic E-state index is -0.360. The van der Waals surface area contributed by atoms with Crippen LogP contribution >= 0.6 is 0 Å². The van der Waals surface area contributed by atoms with Gasteiger partial charge in [-0.1, -0.05) is 30.3 Å². The molecule has 1 fully saturated rings. The monoisotopic (exact) mass is 404 g/mol. The van der Waals surface area contributed by atoms with E-state index in [-0.39, 0.29) is 17.2 Å². The van der Waals surface area contributed by atoms with Crippen LogP contribution in [0.15, 0.2) is 71.5 Å². The second-order valence-electron chi connectivity index (χ2n) is 7.16. The normalized spacial score (nSPS) is 14.4. The fourth-order valence-electron chi connectivity index (χ4n) is 3.35. The third-order valence-corrected chi connectivity index (χ3v) is 5.07. The van der Waals surface area contributed by atoms with E-state index in [4.69, 9.17) is 4.74 Å². The van der Waals surface area contributed by atoms with E-state index in [1.807, 2.05) is 42.5 Å². The number of nitrogens with one attached hydrogen (secondary N) is 1. The van der Waals surface area contributed by atoms with Gasteiger partial charge in [0.15, 0.2) is 0 Å². The van der Waals surface area contributed by atoms with Crippen molar-refractivity contribution in [2.45, 2.75) is 6.42 Å². The number of aromatic nitrogens is 2. The number of ether oxygens (including phenoxy) is 1. The highest BCUT2D eigenvalue weighted by molar-refractivity contribution is 6.02. The van der Waals surface area contributed by atoms with Gasteiger partial charge in [-0.15, -0.1) is 0 Å². The van der Waals surface area contributed by atoms with Gasteiger partial charge in [-0.25, -0.2) is 0 Å². The van der Waals surface area contributed by atoms with E-state index < -0.39 is 0 Å². The Balaban J connectivity index is 1.39. The smallest absolute Gasteiger partial charge is 0.276 e. The number of morpholine rings is 1. The largest absolute Gasteiger partial charge is 0.379 e. The van der Waals surface area contributed by atoms with Crippen molar-refractivity contribution in [3.8, 4) is 5.69 Å². The maximum absolute atomic E-state index is 12.6. The summed E-state index contributed by atoms with van der Waals surface area (Å²) in [5.41, 5.74) is 2.41. The molecule has 1 amide bonds. The summed E-state index contributed by atoms with van der Waals surface area (Å²) >= 11 is 0. The molecule has 0 aliphatic carbocycles. The Morgan fingerprint density at radius 1 is 0.967 bits per heavy atom. The summed E-state index contributed by atoms with van der Waals surface area (Å²) in [6.45, 7) is 4.56. The van der Waals surface area contributed by atoms with Gasteiger partial charge < -0.3 is 10.1 Å². The Bertz CT molecular complexity index is 1040. The maximum Gasteiger partial charge on any atom is 0.276 e. The van der Waals surface area contributed by atoms with Crippen molar-refractivity contribution in [2.75, 3.05) is 38.2 Å². The summed E-state index contributed by atoms with van der Waals surface area (Å²) in [5, 5.41) is 7.06. The number of carbonyl (C=O) groups excluding carboxylic acids is 1. The van der Waals surface area contributed by atoms with Gasteiger partial charge in [-0.05, 0) is 42.3 Å². The SMILES string of the molecule is O=C(Nc1ccc(CCN2CCOCC2)cc1)c1ccc(=O)n(-c2ccccc2)n1. The molecule has 0 atom stereocenters. The van der Waals surface area contributed by atoms with E-state index in [1.54, 1.807) is 12.1 Å². The maximum atomic E-state index is 12.6. The van der Waals surface area contributed by atoms with E-state index in [9.17, 15) is 9.59 Å². The number of nitrogens with zero attached hydrogens (tertiary/aromatic N) is 3. The average Bonchev–Trinajstić information content (AvgIpc) is 2.80. The Kier molecular flexibility index (Phi) is 6.32. The Morgan fingerprint density at radius 2 is 1.70 bits per heavy atom. The molecule has 0 saturated carbocycles. The van der Waals surface area contributed by atoms with E-state index in [2.05, 4.69) is 15.3 Å². The number of rotatable bonds is 6. The van der Waals surface area contributed by atoms with Crippen LogP contribution in [0.4, 0.5) is 5.69 Å². The van der Waals surface area contributed by atoms with Crippen LogP contribution < -0.4 is 10.9 Å². The molecular weight excluding hydrogens is 380 g/mol. The Labute approximate surface area is 174 Å². The van der Waals surface area contributed by atoms with Crippen LogP contribution in [0, 0.1) is 0 Å². The molecule has 0 radical (unpaired) electrons. The van der Waals surface area contributed by atoms with Crippen molar-refractivity contribution in [1.82, 2.24) is 14.7 Å². The summed E-state index contributed by atoms with van der Waals surface area (Å²) in [5.74, 6) is -0.360. The number of carbonyl (C=O) groups is 1. The van der Waals surface area contributed by atoms with Gasteiger partial charge in [0.1, 0.15) is 5.69 Å². The zero-order valence-corrected chi connectivity index (χ0v) is 16.7. The predicted octanol–water partition coefficient (Wildman–Crippen LogP) is 2.36. The van der Waals surface area contributed by atoms with Crippen molar-refractivity contribution in [3.05, 3.63) is 88.3 Å². The molecule has 1 aromatic heterocycles. The molecule has 1 N–H and O–H groups in total. The van der Waals surface area contributed by atoms with Crippen molar-refractivity contribution in [1.29, 1.82) is 0 Å². The molecule has 0 bridgehead atoms. The number of anilines is 1. The number of hydrogen-bond acceptors (Lipinski definition) is 5. The fraction of sp³-hybridized carbons (Fsp3) is 0.261. The van der Waals surface area contributed by atoms with Gasteiger partial charge in [0.25, 0.3) is 11.5 Å². The quantitative estimate of drug-likeness (QED) is 0.683. The third kappa shape index (κ3) is 5.00. The lowest BCUT2D eigenvalue weighted by atomic mass is 10.1. The van der Waals surface area contributed by atoms with E-state index in [0.717, 1.165) is 39.3 Å². The summed E-state index contributed by atoms with van der Waals surface area (Å²) in [6, 6.07) is 19.6. The van der Waals surface area contributed by atoms with Gasteiger partial charge in [-0.2, -0.15) is 9.78 Å². The standard InChI is InChI=1S/C23H24N4O3/c28-22-11-10-21(25-27(22)20-4-2-1-3-5-20)23(29)24-19-8-6-18(7-9-19)12-13-26-14-16-30-17-15-26/h1-11H,12-17H2,(H,24,29). The number of para-hydroxylation sites is 1. The van der Waals surface area contributed by atoms with Crippen LogP contribution in [0.1, 0.15) is 16.1 Å². The van der Waals surface area contributed by atoms with E-state index >= 15 is 0 Å². The summed E-state index contributed by atoms with van der Waals surface area (Å²) in [6.07, 6.45) is 0.956. The Hall–Kier alpha value is -3.29. The van der Waals surface area contributed by atoms with Crippen molar-refractivity contribution in [3.63, 3.8) is 0 Å². The summed E-state index contributed by atoms with van der Waals surface area (Å²) in [4.78, 5) is 27.1. The lowest BCUT2D eigenvalue weighted by Gasteiger charge is -2.26. The second kappa shape index (κ2) is 9.47. The first-order valence-corrected chi connectivity index (χ1v) is 10.1. The fourth-order valence-corrected chi connectivity index (χ4v) is 3.35. The molecule has 154 valence electrons. The minimum absolute atomic E-state index is 0.176. The van der Waals surface area contributed by atoms with Gasteiger partial charge in [0, 0.05) is 31.4 Å². The molecule has 0 spiro atoms. The van der Waals surface area contributed by atoms with Crippen LogP contribution in [0.3, 0.4) is 0 Å². The molecule has 4 rings (SSSR count). The van der Waals surface area contributed by atoms with Gasteiger partial charge in [-0.3, -0.25) is 14.5 Å². The third-order valence-electron chi connectivity index (χ3n) is 5.07. The molecule has 7 nitrogen and oxygen atoms in total. The average molecular weight is 404 g/mol. The zero-order valence-electron chi connectivity index (χ0n) is 16.7. The van der Waals surface area contributed by atoms with E-state index in [1.165, 1.54) is 22.4 Å². The first kappa shape index (κ1) is 20.0. The highest BCUT2D eigenvalue weighted by atomic mass is 16.5. The van der Waals surface area contributed by atoms with Gasteiger partial charge in [0.2, 0.25) is 0 Å². The van der Waals surface area contributed by atoms with Crippen molar-refractivity contribution < 1.29 is 9.53 Å². The molecule has 2 aromatic carbocycles. The summed E-state index contributed by atoms with van der Waals surface area (Å²) in [7, 11) is 0. The number of benzene rings is 2. The number of hydrogen-bond donors (Lipinski definition) is 1.